The highest BCUT2D eigenvalue weighted by atomic mass is 16.4. The van der Waals surface area contributed by atoms with Crippen molar-refractivity contribution in [3.8, 4) is 0 Å². The van der Waals surface area contributed by atoms with Gasteiger partial charge in [-0.1, -0.05) is 31.4 Å². The molecule has 0 bridgehead atoms. The Morgan fingerprint density at radius 3 is 2.71 bits per heavy atom. The van der Waals surface area contributed by atoms with Gasteiger partial charge in [0.15, 0.2) is 0 Å². The minimum absolute atomic E-state index is 0.233. The van der Waals surface area contributed by atoms with Crippen LogP contribution in [0.5, 0.6) is 0 Å². The minimum atomic E-state index is -0.948. The van der Waals surface area contributed by atoms with Crippen molar-refractivity contribution in [1.82, 2.24) is 9.55 Å². The van der Waals surface area contributed by atoms with Crippen LogP contribution in [0.4, 0.5) is 11.5 Å². The summed E-state index contributed by atoms with van der Waals surface area (Å²) in [6, 6.07) is 8.04. The number of nitrogens with zero attached hydrogens (tertiary/aromatic N) is 2. The summed E-state index contributed by atoms with van der Waals surface area (Å²) in [5.74, 6) is 0.567. The molecule has 160 valence electrons. The maximum atomic E-state index is 11.9. The molecule has 2 aliphatic rings. The van der Waals surface area contributed by atoms with E-state index in [4.69, 9.17) is 0 Å². The second kappa shape index (κ2) is 8.22. The summed E-state index contributed by atoms with van der Waals surface area (Å²) in [6.45, 7) is 0. The topological polar surface area (TPSA) is 67.2 Å². The van der Waals surface area contributed by atoms with E-state index in [1.54, 1.807) is 6.07 Å². The largest absolute Gasteiger partial charge is 0.478 e. The summed E-state index contributed by atoms with van der Waals surface area (Å²) in [5, 5.41) is 14.1. The van der Waals surface area contributed by atoms with Crippen molar-refractivity contribution < 1.29 is 9.90 Å². The number of allylic oxidation sites excluding steroid dienone is 1. The van der Waals surface area contributed by atoms with Gasteiger partial charge in [0.1, 0.15) is 11.4 Å². The number of fused-ring (bicyclic) bond motifs is 1. The van der Waals surface area contributed by atoms with Crippen molar-refractivity contribution in [2.45, 2.75) is 50.9 Å². The summed E-state index contributed by atoms with van der Waals surface area (Å²) in [6.07, 6.45) is 17.2. The molecule has 0 spiro atoms. The Hall–Kier alpha value is -3.08. The van der Waals surface area contributed by atoms with E-state index >= 15 is 0 Å². The van der Waals surface area contributed by atoms with Gasteiger partial charge in [0.2, 0.25) is 0 Å². The third-order valence-corrected chi connectivity index (χ3v) is 6.65. The molecule has 0 amide bonds. The summed E-state index contributed by atoms with van der Waals surface area (Å²) < 4.78 is 2.14. The van der Waals surface area contributed by atoms with Crippen LogP contribution in [-0.2, 0) is 7.05 Å². The number of anilines is 2. The van der Waals surface area contributed by atoms with Crippen molar-refractivity contribution in [2.24, 2.45) is 13.0 Å². The first-order valence-corrected chi connectivity index (χ1v) is 11.4. The lowest BCUT2D eigenvalue weighted by Gasteiger charge is -2.18. The molecule has 5 rings (SSSR count). The van der Waals surface area contributed by atoms with Crippen molar-refractivity contribution in [3.05, 3.63) is 59.4 Å². The van der Waals surface area contributed by atoms with E-state index in [2.05, 4.69) is 58.5 Å². The predicted octanol–water partition coefficient (Wildman–Crippen LogP) is 6.49. The zero-order valence-electron chi connectivity index (χ0n) is 18.0. The maximum Gasteiger partial charge on any atom is 0.339 e. The Morgan fingerprint density at radius 2 is 1.97 bits per heavy atom. The molecule has 0 radical (unpaired) electrons. The zero-order chi connectivity index (χ0) is 21.4. The van der Waals surface area contributed by atoms with Gasteiger partial charge in [-0.05, 0) is 67.3 Å². The molecule has 5 heteroatoms. The number of hydrogen-bond donors (Lipinski definition) is 2. The Balaban J connectivity index is 1.49. The fourth-order valence-electron chi connectivity index (χ4n) is 4.77. The molecule has 2 heterocycles. The summed E-state index contributed by atoms with van der Waals surface area (Å²) in [5.41, 5.74) is 4.45. The molecule has 3 aromatic rings. The number of aromatic carboxylic acids is 1. The monoisotopic (exact) mass is 415 g/mol. The number of carboxylic acids is 1. The number of benzene rings is 1. The number of carbonyl (C=O) groups is 1. The summed E-state index contributed by atoms with van der Waals surface area (Å²) in [4.78, 5) is 16.3. The van der Waals surface area contributed by atoms with Gasteiger partial charge in [0.05, 0.1) is 5.52 Å². The van der Waals surface area contributed by atoms with Gasteiger partial charge >= 0.3 is 5.97 Å². The second-order valence-electron chi connectivity index (χ2n) is 9.06. The normalized spacial score (nSPS) is 17.5. The van der Waals surface area contributed by atoms with Crippen LogP contribution in [0.25, 0.3) is 17.0 Å². The molecule has 2 saturated carbocycles. The highest BCUT2D eigenvalue weighted by Gasteiger charge is 2.26. The maximum absolute atomic E-state index is 11.9. The summed E-state index contributed by atoms with van der Waals surface area (Å²) in [7, 11) is 2.06. The molecular weight excluding hydrogens is 386 g/mol. The molecule has 2 fully saturated rings. The fraction of sp³-hybridized carbons (Fsp3) is 0.385. The van der Waals surface area contributed by atoms with Crippen LogP contribution >= 0.6 is 0 Å². The van der Waals surface area contributed by atoms with E-state index in [9.17, 15) is 9.90 Å². The molecule has 2 aromatic heterocycles. The first-order valence-electron chi connectivity index (χ1n) is 11.4. The lowest BCUT2D eigenvalue weighted by molar-refractivity contribution is 0.0697. The third kappa shape index (κ3) is 4.22. The molecular formula is C26H29N3O2. The standard InChI is InChI=1S/C26H29N3O2/c1-29-12-11-20-14-22(13-19(24(20)29)8-7-17-5-3-2-4-6-17)28-25-23(26(30)31)15-21(16-27-25)18-9-10-18/h7-8,11-18H,2-6,9-10H2,1H3,(H,27,28)(H,30,31). The van der Waals surface area contributed by atoms with E-state index in [1.807, 2.05) is 6.20 Å². The van der Waals surface area contributed by atoms with Gasteiger partial charge < -0.3 is 15.0 Å². The lowest BCUT2D eigenvalue weighted by Crippen LogP contribution is -2.06. The first kappa shape index (κ1) is 19.9. The van der Waals surface area contributed by atoms with Gasteiger partial charge in [-0.3, -0.25) is 0 Å². The van der Waals surface area contributed by atoms with Crippen LogP contribution in [-0.4, -0.2) is 20.6 Å². The van der Waals surface area contributed by atoms with E-state index in [1.165, 1.54) is 37.6 Å². The molecule has 31 heavy (non-hydrogen) atoms. The molecule has 0 aliphatic heterocycles. The third-order valence-electron chi connectivity index (χ3n) is 6.65. The second-order valence-corrected chi connectivity index (χ2v) is 9.06. The number of aryl methyl sites for hydroxylation is 1. The van der Waals surface area contributed by atoms with Gasteiger partial charge in [-0.25, -0.2) is 9.78 Å². The van der Waals surface area contributed by atoms with Crippen molar-refractivity contribution in [2.75, 3.05) is 5.32 Å². The van der Waals surface area contributed by atoms with Crippen LogP contribution < -0.4 is 5.32 Å². The van der Waals surface area contributed by atoms with Gasteiger partial charge in [0.25, 0.3) is 0 Å². The number of rotatable bonds is 6. The number of hydrogen-bond acceptors (Lipinski definition) is 3. The highest BCUT2D eigenvalue weighted by molar-refractivity contribution is 5.96. The molecule has 2 N–H and O–H groups in total. The van der Waals surface area contributed by atoms with Gasteiger partial charge in [0, 0.05) is 36.1 Å². The van der Waals surface area contributed by atoms with Crippen molar-refractivity contribution >= 4 is 34.5 Å². The Kier molecular flexibility index (Phi) is 5.26. The number of nitrogens with one attached hydrogen (secondary N) is 1. The Bertz CT molecular complexity index is 1150. The van der Waals surface area contributed by atoms with E-state index in [0.717, 1.165) is 35.0 Å². The predicted molar refractivity (Wildman–Crippen MR) is 125 cm³/mol. The van der Waals surface area contributed by atoms with Crippen molar-refractivity contribution in [3.63, 3.8) is 0 Å². The van der Waals surface area contributed by atoms with Crippen molar-refractivity contribution in [1.29, 1.82) is 0 Å². The van der Waals surface area contributed by atoms with E-state index in [-0.39, 0.29) is 5.56 Å². The van der Waals surface area contributed by atoms with Crippen LogP contribution in [0.1, 0.15) is 72.3 Å². The summed E-state index contributed by atoms with van der Waals surface area (Å²) >= 11 is 0. The minimum Gasteiger partial charge on any atom is -0.478 e. The molecule has 5 nitrogen and oxygen atoms in total. The van der Waals surface area contributed by atoms with E-state index in [0.29, 0.717) is 17.7 Å². The highest BCUT2D eigenvalue weighted by Crippen LogP contribution is 2.40. The quantitative estimate of drug-likeness (QED) is 0.483. The molecule has 0 unspecified atom stereocenters. The van der Waals surface area contributed by atoms with Gasteiger partial charge in [-0.2, -0.15) is 0 Å². The van der Waals surface area contributed by atoms with Crippen LogP contribution in [0.2, 0.25) is 0 Å². The van der Waals surface area contributed by atoms with Crippen LogP contribution in [0.15, 0.2) is 42.7 Å². The fourth-order valence-corrected chi connectivity index (χ4v) is 4.77. The molecule has 2 aliphatic carbocycles. The Morgan fingerprint density at radius 1 is 1.16 bits per heavy atom. The molecule has 1 aromatic carbocycles. The molecule has 0 atom stereocenters. The lowest BCUT2D eigenvalue weighted by atomic mass is 9.88. The zero-order valence-corrected chi connectivity index (χ0v) is 18.0. The number of pyridine rings is 1. The SMILES string of the molecule is Cn1ccc2cc(Nc3ncc(C4CC4)cc3C(=O)O)cc(C=CC3CCCCC3)c21. The molecule has 0 saturated heterocycles. The smallest absolute Gasteiger partial charge is 0.339 e. The average Bonchev–Trinajstić information content (AvgIpc) is 3.56. The van der Waals surface area contributed by atoms with Crippen LogP contribution in [0.3, 0.4) is 0 Å². The first-order chi connectivity index (χ1) is 15.1. The van der Waals surface area contributed by atoms with Gasteiger partial charge in [-0.15, -0.1) is 0 Å². The number of carboxylic acid groups (broad SMARTS) is 1. The van der Waals surface area contributed by atoms with Crippen LogP contribution in [0, 0.1) is 5.92 Å². The number of aromatic nitrogens is 2. The Labute approximate surface area is 182 Å². The average molecular weight is 416 g/mol. The van der Waals surface area contributed by atoms with E-state index < -0.39 is 5.97 Å².